The van der Waals surface area contributed by atoms with Gasteiger partial charge in [-0.2, -0.15) is 10.5 Å². The van der Waals surface area contributed by atoms with Gasteiger partial charge in [0, 0.05) is 43.3 Å². The van der Waals surface area contributed by atoms with Gasteiger partial charge in [-0.05, 0) is 123 Å². The Morgan fingerprint density at radius 3 is 1.52 bits per heavy atom. The third-order valence-corrected chi connectivity index (χ3v) is 9.80. The van der Waals surface area contributed by atoms with E-state index in [9.17, 15) is 29.9 Å². The minimum Gasteiger partial charge on any atom is -0.508 e. The fourth-order valence-electron chi connectivity index (χ4n) is 5.68. The Hall–Kier alpha value is -7.02. The Morgan fingerprint density at radius 2 is 1.11 bits per heavy atom. The lowest BCUT2D eigenvalue weighted by Crippen LogP contribution is -2.28. The molecule has 4 atom stereocenters. The van der Waals surface area contributed by atoms with E-state index in [0.29, 0.717) is 60.6 Å². The number of carbonyl (C=O) groups is 3. The molecular weight excluding hydrogens is 891 g/mol. The summed E-state index contributed by atoms with van der Waals surface area (Å²) in [7, 11) is 0. The van der Waals surface area contributed by atoms with Crippen LogP contribution >= 0.6 is 34.8 Å². The van der Waals surface area contributed by atoms with Gasteiger partial charge < -0.3 is 39.2 Å². The number of phenols is 1. The van der Waals surface area contributed by atoms with E-state index in [1.807, 2.05) is 12.1 Å². The van der Waals surface area contributed by atoms with Crippen molar-refractivity contribution in [3.8, 4) is 46.5 Å². The molecular formula is C44H41Cl3N8O9. The van der Waals surface area contributed by atoms with Gasteiger partial charge in [0.05, 0.1) is 27.3 Å². The van der Waals surface area contributed by atoms with E-state index in [1.165, 1.54) is 32.9 Å². The summed E-state index contributed by atoms with van der Waals surface area (Å²) in [6, 6.07) is 22.2. The maximum Gasteiger partial charge on any atom is 0.308 e. The van der Waals surface area contributed by atoms with Crippen LogP contribution in [-0.4, -0.2) is 60.0 Å². The van der Waals surface area contributed by atoms with Crippen molar-refractivity contribution >= 4 is 63.4 Å². The predicted octanol–water partition coefficient (Wildman–Crippen LogP) is 9.18. The largest absolute Gasteiger partial charge is 0.508 e. The Bertz CT molecular complexity index is 2670. The van der Waals surface area contributed by atoms with E-state index in [0.717, 1.165) is 0 Å². The number of carbonyl (C=O) groups excluding carboxylic acids is 3. The number of nitrogens with zero attached hydrogens (tertiary/aromatic N) is 6. The quantitative estimate of drug-likeness (QED) is 0.0506. The number of aliphatic hydroxyl groups is 1. The van der Waals surface area contributed by atoms with Crippen molar-refractivity contribution in [2.75, 3.05) is 10.6 Å². The Labute approximate surface area is 382 Å². The molecule has 0 aliphatic heterocycles. The first-order valence-electron chi connectivity index (χ1n) is 19.0. The first-order chi connectivity index (χ1) is 30.3. The molecule has 0 saturated carbocycles. The fourth-order valence-corrected chi connectivity index (χ4v) is 6.09. The first kappa shape index (κ1) is 49.6. The number of aromatic hydroxyl groups is 1. The highest BCUT2D eigenvalue weighted by molar-refractivity contribution is 6.62. The maximum atomic E-state index is 11.6. The van der Waals surface area contributed by atoms with Crippen LogP contribution in [0.4, 0.5) is 11.4 Å². The van der Waals surface area contributed by atoms with Crippen LogP contribution < -0.4 is 15.4 Å². The monoisotopic (exact) mass is 930 g/mol. The summed E-state index contributed by atoms with van der Waals surface area (Å²) < 4.78 is 22.0. The van der Waals surface area contributed by atoms with Gasteiger partial charge in [0.15, 0.2) is 0 Å². The molecule has 0 aliphatic carbocycles. The van der Waals surface area contributed by atoms with Crippen LogP contribution in [0.5, 0.6) is 11.5 Å². The summed E-state index contributed by atoms with van der Waals surface area (Å²) in [4.78, 5) is 31.9. The van der Waals surface area contributed by atoms with E-state index in [4.69, 9.17) is 46.8 Å². The minimum absolute atomic E-state index is 0.134. The second-order valence-corrected chi connectivity index (χ2v) is 15.0. The lowest BCUT2D eigenvalue weighted by Gasteiger charge is -2.24. The highest BCUT2D eigenvalue weighted by atomic mass is 35.5. The number of ether oxygens (including phenoxy) is 2. The predicted molar refractivity (Wildman–Crippen MR) is 236 cm³/mol. The molecule has 2 aromatic heterocycles. The standard InChI is InChI=1S/C23H21ClN4O5.C19H17ClN4O3.C2H3ClO/c1-12-19(10-7-17(11-25)20(12)24)26-21(13(2)31-14(3)29)23-28-27-22(33-23)16-5-8-18(9-6-16)32-15(4)30;1-10-15(8-5-13(9-21)16(10)20)22-17(11(2)25)19-24-23-18(27-19)12-3-6-14(26)7-4-12;1-2(3)4/h5-10,13,21,26H,1-4H3;3-8,11,17,22,25-26H,1-2H3;1H3/t13-,21+;11-,17+;/m00./s1. The summed E-state index contributed by atoms with van der Waals surface area (Å²) in [6.45, 7) is 10.8. The molecule has 0 spiro atoms. The van der Waals surface area contributed by atoms with Crippen molar-refractivity contribution in [1.29, 1.82) is 10.5 Å². The number of halogens is 3. The lowest BCUT2D eigenvalue weighted by molar-refractivity contribution is -0.146. The summed E-state index contributed by atoms with van der Waals surface area (Å²) in [5.41, 5.74) is 4.58. The molecule has 0 radical (unpaired) electrons. The number of hydrogen-bond donors (Lipinski definition) is 4. The highest BCUT2D eigenvalue weighted by Gasteiger charge is 2.29. The molecule has 332 valence electrons. The van der Waals surface area contributed by atoms with Crippen molar-refractivity contribution in [2.24, 2.45) is 0 Å². The molecule has 17 nitrogen and oxygen atoms in total. The smallest absolute Gasteiger partial charge is 0.308 e. The van der Waals surface area contributed by atoms with Gasteiger partial charge in [-0.15, -0.1) is 20.4 Å². The average molecular weight is 932 g/mol. The molecule has 2 heterocycles. The number of phenolic OH excluding ortho intramolecular Hbond substituents is 1. The number of aromatic nitrogens is 4. The van der Waals surface area contributed by atoms with Crippen molar-refractivity contribution in [1.82, 2.24) is 20.4 Å². The van der Waals surface area contributed by atoms with E-state index in [1.54, 1.807) is 88.4 Å². The molecule has 4 aromatic carbocycles. The SMILES string of the molecule is CC(=O)Cl.CC(=O)Oc1ccc(-c2nnc([C@H](Nc3ccc(C#N)c(Cl)c3C)[C@H](C)OC(C)=O)o2)cc1.Cc1c(N[C@@H](c2nnc(-c3ccc(O)cc3)o2)[C@H](C)O)ccc(C#N)c1Cl. The molecule has 20 heteroatoms. The van der Waals surface area contributed by atoms with E-state index >= 15 is 0 Å². The minimum atomic E-state index is -0.841. The molecule has 64 heavy (non-hydrogen) atoms. The number of esters is 2. The van der Waals surface area contributed by atoms with Gasteiger partial charge in [-0.25, -0.2) is 0 Å². The van der Waals surface area contributed by atoms with Crippen molar-refractivity contribution < 1.29 is 42.9 Å². The van der Waals surface area contributed by atoms with Crippen LogP contribution in [0.15, 0.2) is 81.6 Å². The Morgan fingerprint density at radius 1 is 0.688 bits per heavy atom. The average Bonchev–Trinajstić information content (AvgIpc) is 3.93. The zero-order valence-electron chi connectivity index (χ0n) is 35.3. The molecule has 6 rings (SSSR count). The summed E-state index contributed by atoms with van der Waals surface area (Å²) in [6.07, 6.45) is -1.51. The van der Waals surface area contributed by atoms with Gasteiger partial charge in [-0.3, -0.25) is 14.4 Å². The summed E-state index contributed by atoms with van der Waals surface area (Å²) in [5, 5.41) is 60.8. The Balaban J connectivity index is 0.000000263. The topological polar surface area (TPSA) is 260 Å². The second-order valence-electron chi connectivity index (χ2n) is 13.7. The van der Waals surface area contributed by atoms with Gasteiger partial charge in [0.1, 0.15) is 41.8 Å². The zero-order chi connectivity index (χ0) is 47.2. The maximum absolute atomic E-state index is 11.6. The van der Waals surface area contributed by atoms with Crippen LogP contribution in [-0.2, 0) is 19.1 Å². The Kier molecular flexibility index (Phi) is 17.8. The summed E-state index contributed by atoms with van der Waals surface area (Å²) >= 11 is 17.1. The molecule has 0 saturated heterocycles. The number of hydrogen-bond acceptors (Lipinski definition) is 17. The van der Waals surface area contributed by atoms with Crippen molar-refractivity contribution in [3.63, 3.8) is 0 Å². The third kappa shape index (κ3) is 13.5. The fraction of sp³-hybridized carbons (Fsp3) is 0.250. The molecule has 0 amide bonds. The lowest BCUT2D eigenvalue weighted by atomic mass is 10.1. The van der Waals surface area contributed by atoms with Crippen LogP contribution in [0, 0.1) is 36.5 Å². The third-order valence-electron chi connectivity index (χ3n) is 8.83. The number of anilines is 2. The first-order valence-corrected chi connectivity index (χ1v) is 20.1. The number of benzene rings is 4. The molecule has 6 aromatic rings. The zero-order valence-corrected chi connectivity index (χ0v) is 37.6. The normalized spacial score (nSPS) is 12.3. The number of nitriles is 2. The van der Waals surface area contributed by atoms with Crippen molar-refractivity contribution in [3.05, 3.63) is 117 Å². The van der Waals surface area contributed by atoms with E-state index < -0.39 is 36.2 Å². The van der Waals surface area contributed by atoms with Crippen LogP contribution in [0.2, 0.25) is 10.0 Å². The molecule has 0 fully saturated rings. The molecule has 0 aliphatic rings. The van der Waals surface area contributed by atoms with Crippen LogP contribution in [0.3, 0.4) is 0 Å². The molecule has 0 unspecified atom stereocenters. The van der Waals surface area contributed by atoms with Crippen LogP contribution in [0.25, 0.3) is 22.9 Å². The van der Waals surface area contributed by atoms with Crippen LogP contribution in [0.1, 0.15) is 80.7 Å². The van der Waals surface area contributed by atoms with Gasteiger partial charge in [0.2, 0.25) is 28.8 Å². The summed E-state index contributed by atoms with van der Waals surface area (Å²) in [5.74, 6) is 0.523. The number of aliphatic hydroxyl groups excluding tert-OH is 1. The number of rotatable bonds is 12. The van der Waals surface area contributed by atoms with Gasteiger partial charge in [-0.1, -0.05) is 23.2 Å². The van der Waals surface area contributed by atoms with Gasteiger partial charge in [0.25, 0.3) is 0 Å². The molecule has 4 N–H and O–H groups in total. The van der Waals surface area contributed by atoms with Gasteiger partial charge >= 0.3 is 11.9 Å². The molecule has 0 bridgehead atoms. The second kappa shape index (κ2) is 22.9. The van der Waals surface area contributed by atoms with E-state index in [-0.39, 0.29) is 34.6 Å². The van der Waals surface area contributed by atoms with E-state index in [2.05, 4.69) is 42.6 Å². The highest BCUT2D eigenvalue weighted by Crippen LogP contribution is 2.34. The van der Waals surface area contributed by atoms with Crippen molar-refractivity contribution in [2.45, 2.75) is 72.8 Å². The number of nitrogens with one attached hydrogen (secondary N) is 2.